The van der Waals surface area contributed by atoms with Crippen LogP contribution in [0.1, 0.15) is 27.0 Å². The van der Waals surface area contributed by atoms with Gasteiger partial charge in [-0.15, -0.1) is 0 Å². The summed E-state index contributed by atoms with van der Waals surface area (Å²) in [6.07, 6.45) is -1.95. The minimum Gasteiger partial charge on any atom is -0.464 e. The number of phosphoric acid groups is 1. The van der Waals surface area contributed by atoms with Gasteiger partial charge in [-0.1, -0.05) is 11.6 Å². The Morgan fingerprint density at radius 1 is 1.56 bits per heavy atom. The topological polar surface area (TPSA) is 141 Å². The standard InChI is InChI=1S/C14H20N3O9P/c1-4-22-14(19)9(3)25-27(21)23-7-10-12(26-27)8(2)13(24-10)16-6-5-11(18)15-17(16)20/h5-6,8-10,12-13H,4,7H2,1-3H3/p+1. The van der Waals surface area contributed by atoms with E-state index < -0.39 is 49.8 Å². The van der Waals surface area contributed by atoms with E-state index >= 15 is 0 Å². The third-order valence-electron chi connectivity index (χ3n) is 4.26. The molecule has 12 nitrogen and oxygen atoms in total. The zero-order chi connectivity index (χ0) is 19.8. The van der Waals surface area contributed by atoms with Gasteiger partial charge in [0.1, 0.15) is 12.2 Å². The van der Waals surface area contributed by atoms with Crippen LogP contribution >= 0.6 is 7.82 Å². The Morgan fingerprint density at radius 3 is 2.96 bits per heavy atom. The molecule has 0 radical (unpaired) electrons. The first-order valence-corrected chi connectivity index (χ1v) is 9.88. The second-order valence-corrected chi connectivity index (χ2v) is 7.76. The number of esters is 1. The minimum atomic E-state index is -4.03. The van der Waals surface area contributed by atoms with Crippen molar-refractivity contribution in [2.45, 2.75) is 45.3 Å². The molecule has 2 fully saturated rings. The summed E-state index contributed by atoms with van der Waals surface area (Å²) in [5.41, 5.74) is -0.560. The van der Waals surface area contributed by atoms with Gasteiger partial charge in [-0.3, -0.25) is 18.4 Å². The molecule has 1 aromatic heterocycles. The van der Waals surface area contributed by atoms with Gasteiger partial charge >= 0.3 is 19.4 Å². The van der Waals surface area contributed by atoms with Crippen LogP contribution in [0, 0.1) is 10.8 Å². The Morgan fingerprint density at radius 2 is 2.30 bits per heavy atom. The predicted octanol–water partition coefficient (Wildman–Crippen LogP) is 0.116. The van der Waals surface area contributed by atoms with Crippen molar-refractivity contribution in [1.29, 1.82) is 0 Å². The van der Waals surface area contributed by atoms with E-state index in [9.17, 15) is 19.1 Å². The number of hydrogen-bond donors (Lipinski definition) is 1. The average molecular weight is 406 g/mol. The number of nitrogens with one attached hydrogen (secondary N) is 1. The first kappa shape index (κ1) is 19.9. The van der Waals surface area contributed by atoms with Gasteiger partial charge in [0.25, 0.3) is 4.66 Å². The summed E-state index contributed by atoms with van der Waals surface area (Å²) >= 11 is 0. The number of nitrogens with zero attached hydrogens (tertiary/aromatic N) is 2. The van der Waals surface area contributed by atoms with Gasteiger partial charge in [0, 0.05) is 12.0 Å². The third-order valence-corrected chi connectivity index (χ3v) is 5.80. The van der Waals surface area contributed by atoms with Crippen molar-refractivity contribution >= 4 is 13.8 Å². The van der Waals surface area contributed by atoms with Crippen LogP contribution in [0.25, 0.3) is 0 Å². The molecule has 2 aliphatic heterocycles. The van der Waals surface area contributed by atoms with Gasteiger partial charge in [0.2, 0.25) is 0 Å². The van der Waals surface area contributed by atoms with Crippen LogP contribution in [0.5, 0.6) is 0 Å². The summed E-state index contributed by atoms with van der Waals surface area (Å²) in [6, 6.07) is 1.18. The first-order chi connectivity index (χ1) is 12.7. The number of ether oxygens (including phenoxy) is 2. The highest BCUT2D eigenvalue weighted by molar-refractivity contribution is 7.48. The van der Waals surface area contributed by atoms with E-state index in [1.807, 2.05) is 0 Å². The largest absolute Gasteiger partial charge is 0.476 e. The number of hydrogen-bond acceptors (Lipinski definition) is 9. The van der Waals surface area contributed by atoms with Crippen molar-refractivity contribution in [2.24, 2.45) is 5.92 Å². The monoisotopic (exact) mass is 406 g/mol. The fourth-order valence-corrected chi connectivity index (χ4v) is 4.56. The Balaban J connectivity index is 1.74. The molecule has 6 atom stereocenters. The van der Waals surface area contributed by atoms with Crippen LogP contribution in [0.4, 0.5) is 0 Å². The smallest absolute Gasteiger partial charge is 0.464 e. The van der Waals surface area contributed by atoms with E-state index in [-0.39, 0.29) is 17.9 Å². The molecule has 3 heterocycles. The lowest BCUT2D eigenvalue weighted by atomic mass is 10.0. The number of carbonyl (C=O) groups excluding carboxylic acids is 1. The molecule has 0 aromatic carbocycles. The van der Waals surface area contributed by atoms with Crippen LogP contribution < -0.4 is 10.2 Å². The predicted molar refractivity (Wildman–Crippen MR) is 87.1 cm³/mol. The highest BCUT2D eigenvalue weighted by Gasteiger charge is 2.54. The van der Waals surface area contributed by atoms with E-state index in [2.05, 4.69) is 5.10 Å². The second kappa shape index (κ2) is 7.64. The van der Waals surface area contributed by atoms with Crippen LogP contribution in [0.3, 0.4) is 0 Å². The molecule has 6 unspecified atom stereocenters. The van der Waals surface area contributed by atoms with Gasteiger partial charge in [-0.2, -0.15) is 0 Å². The normalized spacial score (nSPS) is 34.0. The number of fused-ring (bicyclic) bond motifs is 1. The van der Waals surface area contributed by atoms with Gasteiger partial charge in [-0.05, 0) is 18.9 Å². The Labute approximate surface area is 153 Å². The van der Waals surface area contributed by atoms with Gasteiger partial charge in [0.05, 0.1) is 24.3 Å². The number of H-pyrrole nitrogens is 1. The van der Waals surface area contributed by atoms with E-state index in [0.29, 0.717) is 0 Å². The lowest BCUT2D eigenvalue weighted by Gasteiger charge is -2.32. The van der Waals surface area contributed by atoms with Crippen molar-refractivity contribution in [2.75, 3.05) is 13.2 Å². The van der Waals surface area contributed by atoms with Crippen molar-refractivity contribution in [3.63, 3.8) is 0 Å². The number of phosphoric ester groups is 1. The maximum atomic E-state index is 12.7. The lowest BCUT2D eigenvalue weighted by molar-refractivity contribution is -0.671. The van der Waals surface area contributed by atoms with E-state index in [4.69, 9.17) is 23.0 Å². The van der Waals surface area contributed by atoms with Gasteiger partial charge < -0.3 is 9.47 Å². The van der Waals surface area contributed by atoms with E-state index in [0.717, 1.165) is 4.68 Å². The summed E-state index contributed by atoms with van der Waals surface area (Å²) in [6.45, 7) is 4.80. The summed E-state index contributed by atoms with van der Waals surface area (Å²) in [4.78, 5) is 34.8. The zero-order valence-electron chi connectivity index (χ0n) is 15.0. The number of rotatable bonds is 5. The van der Waals surface area contributed by atoms with Crippen LogP contribution in [0.2, 0.25) is 0 Å². The molecule has 0 bridgehead atoms. The maximum Gasteiger partial charge on any atom is 0.476 e. The number of aromatic amines is 1. The molecule has 150 valence electrons. The lowest BCUT2D eigenvalue weighted by Crippen LogP contribution is -2.42. The Kier molecular flexibility index (Phi) is 5.63. The SMILES string of the molecule is CCOC(=O)C(C)OP1(=O)OCC2OC(n3ccc(=O)[nH][n+]3=O)C(C)C2O1. The van der Waals surface area contributed by atoms with Gasteiger partial charge in [-0.25, -0.2) is 9.36 Å². The highest BCUT2D eigenvalue weighted by atomic mass is 31.2. The summed E-state index contributed by atoms with van der Waals surface area (Å²) < 4.78 is 40.6. The third kappa shape index (κ3) is 4.04. The summed E-state index contributed by atoms with van der Waals surface area (Å²) in [7, 11) is -4.03. The number of carbonyl (C=O) groups is 1. The van der Waals surface area contributed by atoms with Gasteiger partial charge in [0.15, 0.2) is 12.3 Å². The van der Waals surface area contributed by atoms with E-state index in [1.54, 1.807) is 13.8 Å². The van der Waals surface area contributed by atoms with E-state index in [1.165, 1.54) is 19.2 Å². The maximum absolute atomic E-state index is 12.7. The molecule has 0 amide bonds. The molecule has 3 rings (SSSR count). The first-order valence-electron chi connectivity index (χ1n) is 8.42. The van der Waals surface area contributed by atoms with Crippen LogP contribution in [-0.2, 0) is 32.4 Å². The molecule has 2 aliphatic rings. The molecule has 0 spiro atoms. The molecular weight excluding hydrogens is 385 g/mol. The summed E-state index contributed by atoms with van der Waals surface area (Å²) in [5, 5.41) is 2.07. The van der Waals surface area contributed by atoms with Crippen molar-refractivity contribution in [1.82, 2.24) is 9.78 Å². The Bertz CT molecular complexity index is 868. The van der Waals surface area contributed by atoms with Crippen molar-refractivity contribution in [3.05, 3.63) is 27.5 Å². The molecule has 13 heteroatoms. The molecule has 2 saturated heterocycles. The zero-order valence-corrected chi connectivity index (χ0v) is 15.9. The highest BCUT2D eigenvalue weighted by Crippen LogP contribution is 2.58. The average Bonchev–Trinajstić information content (AvgIpc) is 2.91. The molecule has 27 heavy (non-hydrogen) atoms. The fraction of sp³-hybridized carbons (Fsp3) is 0.714. The molecule has 1 N–H and O–H groups in total. The molecular formula is C14H21N3O9P+. The minimum absolute atomic E-state index is 0.110. The van der Waals surface area contributed by atoms with Crippen molar-refractivity contribution in [3.8, 4) is 0 Å². The molecule has 0 saturated carbocycles. The molecule has 1 aromatic rings. The van der Waals surface area contributed by atoms with Crippen LogP contribution in [-0.4, -0.2) is 47.3 Å². The Hall–Kier alpha value is -1.85. The summed E-state index contributed by atoms with van der Waals surface area (Å²) in [5.74, 6) is -1.11. The molecule has 0 aliphatic carbocycles. The number of aromatic nitrogens is 3. The van der Waals surface area contributed by atoms with Crippen molar-refractivity contribution < 1.29 is 37.1 Å². The van der Waals surface area contributed by atoms with Crippen LogP contribution in [0.15, 0.2) is 17.1 Å². The quantitative estimate of drug-likeness (QED) is 0.410. The fourth-order valence-electron chi connectivity index (χ4n) is 2.96. The second-order valence-electron chi connectivity index (χ2n) is 6.18.